The van der Waals surface area contributed by atoms with Gasteiger partial charge in [-0.25, -0.2) is 8.42 Å². The van der Waals surface area contributed by atoms with Crippen molar-refractivity contribution in [2.45, 2.75) is 31.3 Å². The van der Waals surface area contributed by atoms with Crippen molar-refractivity contribution in [3.8, 4) is 0 Å². The summed E-state index contributed by atoms with van der Waals surface area (Å²) in [5, 5.41) is -0.205. The van der Waals surface area contributed by atoms with E-state index >= 15 is 0 Å². The van der Waals surface area contributed by atoms with Crippen LogP contribution < -0.4 is 10.4 Å². The third kappa shape index (κ3) is 4.12. The van der Waals surface area contributed by atoms with Crippen LogP contribution in [0.2, 0.25) is 5.02 Å². The third-order valence-electron chi connectivity index (χ3n) is 1.60. The standard InChI is InChI=1S/C9H13ClN2O4S/c1-9(2,3)16-12-17(14,15)6-4-7(10)8(13)11-5-6/h4-5,12H,1-3H3,(H,11,13). The van der Waals surface area contributed by atoms with E-state index in [1.165, 1.54) is 0 Å². The van der Waals surface area contributed by atoms with Crippen molar-refractivity contribution in [1.82, 2.24) is 9.87 Å². The van der Waals surface area contributed by atoms with Crippen molar-refractivity contribution in [3.05, 3.63) is 27.6 Å². The number of aromatic nitrogens is 1. The number of hydrogen-bond donors (Lipinski definition) is 2. The molecule has 0 bridgehead atoms. The summed E-state index contributed by atoms with van der Waals surface area (Å²) in [6.45, 7) is 5.07. The minimum Gasteiger partial charge on any atom is -0.326 e. The van der Waals surface area contributed by atoms with Crippen LogP contribution in [0.1, 0.15) is 20.8 Å². The second-order valence-electron chi connectivity index (χ2n) is 4.31. The average Bonchev–Trinajstić information content (AvgIpc) is 2.18. The monoisotopic (exact) mass is 280 g/mol. The topological polar surface area (TPSA) is 88.3 Å². The molecule has 0 amide bonds. The minimum absolute atomic E-state index is 0.175. The second-order valence-corrected chi connectivity index (χ2v) is 6.37. The Balaban J connectivity index is 2.98. The predicted octanol–water partition coefficient (Wildman–Crippen LogP) is 1.04. The summed E-state index contributed by atoms with van der Waals surface area (Å²) >= 11 is 5.53. The van der Waals surface area contributed by atoms with Gasteiger partial charge in [-0.1, -0.05) is 16.5 Å². The molecule has 2 N–H and O–H groups in total. The number of H-pyrrole nitrogens is 1. The van der Waals surface area contributed by atoms with Crippen LogP contribution >= 0.6 is 11.6 Å². The molecule has 1 heterocycles. The average molecular weight is 281 g/mol. The van der Waals surface area contributed by atoms with Gasteiger partial charge in [0.1, 0.15) is 9.92 Å². The summed E-state index contributed by atoms with van der Waals surface area (Å²) in [4.78, 5) is 19.9. The maximum Gasteiger partial charge on any atom is 0.266 e. The first kappa shape index (κ1) is 14.2. The molecule has 0 radical (unpaired) electrons. The van der Waals surface area contributed by atoms with Crippen molar-refractivity contribution < 1.29 is 13.3 Å². The van der Waals surface area contributed by atoms with Crippen LogP contribution in [0.25, 0.3) is 0 Å². The quantitative estimate of drug-likeness (QED) is 0.810. The van der Waals surface area contributed by atoms with E-state index < -0.39 is 21.2 Å². The number of sulfonamides is 1. The molecule has 8 heteroatoms. The zero-order chi connectivity index (χ0) is 13.3. The molecule has 0 atom stereocenters. The molecular formula is C9H13ClN2O4S. The van der Waals surface area contributed by atoms with Gasteiger partial charge in [0.05, 0.1) is 5.60 Å². The fourth-order valence-corrected chi connectivity index (χ4v) is 2.00. The minimum atomic E-state index is -3.86. The Morgan fingerprint density at radius 2 is 2.00 bits per heavy atom. The predicted molar refractivity (Wildman–Crippen MR) is 63.2 cm³/mol. The number of nitrogens with one attached hydrogen (secondary N) is 2. The van der Waals surface area contributed by atoms with Crippen LogP contribution in [0.5, 0.6) is 0 Å². The van der Waals surface area contributed by atoms with E-state index in [2.05, 4.69) is 4.98 Å². The number of rotatable bonds is 3. The van der Waals surface area contributed by atoms with Gasteiger partial charge < -0.3 is 4.98 Å². The summed E-state index contributed by atoms with van der Waals surface area (Å²) in [7, 11) is -3.86. The van der Waals surface area contributed by atoms with Crippen LogP contribution in [-0.4, -0.2) is 19.0 Å². The Labute approximate surface area is 104 Å². The molecule has 0 aliphatic carbocycles. The molecule has 0 spiro atoms. The number of hydrogen-bond acceptors (Lipinski definition) is 4. The van der Waals surface area contributed by atoms with Crippen molar-refractivity contribution in [1.29, 1.82) is 0 Å². The molecule has 1 rings (SSSR count). The molecule has 6 nitrogen and oxygen atoms in total. The van der Waals surface area contributed by atoms with Gasteiger partial charge in [0.15, 0.2) is 0 Å². The van der Waals surface area contributed by atoms with Crippen molar-refractivity contribution in [2.24, 2.45) is 0 Å². The van der Waals surface area contributed by atoms with Crippen LogP contribution in [-0.2, 0) is 14.9 Å². The smallest absolute Gasteiger partial charge is 0.266 e. The fourth-order valence-electron chi connectivity index (χ4n) is 0.821. The molecule has 1 aromatic rings. The van der Waals surface area contributed by atoms with E-state index in [1.54, 1.807) is 20.8 Å². The summed E-state index contributed by atoms with van der Waals surface area (Å²) < 4.78 is 23.5. The number of aromatic amines is 1. The first-order chi connectivity index (χ1) is 7.62. The molecule has 1 aromatic heterocycles. The van der Waals surface area contributed by atoms with Crippen molar-refractivity contribution >= 4 is 21.6 Å². The highest BCUT2D eigenvalue weighted by molar-refractivity contribution is 7.89. The summed E-state index contributed by atoms with van der Waals surface area (Å²) in [6.07, 6.45) is 1.04. The van der Waals surface area contributed by atoms with Crippen LogP contribution in [0.4, 0.5) is 0 Å². The van der Waals surface area contributed by atoms with E-state index in [0.29, 0.717) is 0 Å². The first-order valence-corrected chi connectivity index (χ1v) is 6.56. The molecule has 0 aliphatic rings. The van der Waals surface area contributed by atoms with Gasteiger partial charge in [-0.3, -0.25) is 9.63 Å². The van der Waals surface area contributed by atoms with Crippen LogP contribution in [0.3, 0.4) is 0 Å². The Hall–Kier alpha value is -0.890. The molecule has 17 heavy (non-hydrogen) atoms. The Bertz CT molecular complexity index is 559. The van der Waals surface area contributed by atoms with E-state index in [1.807, 2.05) is 4.89 Å². The molecular weight excluding hydrogens is 268 g/mol. The Morgan fingerprint density at radius 1 is 1.41 bits per heavy atom. The number of pyridine rings is 1. The lowest BCUT2D eigenvalue weighted by atomic mass is 10.2. The lowest BCUT2D eigenvalue weighted by Crippen LogP contribution is -2.33. The highest BCUT2D eigenvalue weighted by Crippen LogP contribution is 2.12. The van der Waals surface area contributed by atoms with Crippen LogP contribution in [0.15, 0.2) is 22.0 Å². The van der Waals surface area contributed by atoms with E-state index in [9.17, 15) is 13.2 Å². The summed E-state index contributed by atoms with van der Waals surface area (Å²) in [5.74, 6) is 0. The molecule has 0 unspecified atom stereocenters. The lowest BCUT2D eigenvalue weighted by Gasteiger charge is -2.19. The van der Waals surface area contributed by atoms with Crippen molar-refractivity contribution in [3.63, 3.8) is 0 Å². The van der Waals surface area contributed by atoms with Gasteiger partial charge >= 0.3 is 0 Å². The summed E-state index contributed by atoms with van der Waals surface area (Å²) in [5.41, 5.74) is -1.22. The second kappa shape index (κ2) is 4.77. The highest BCUT2D eigenvalue weighted by atomic mass is 35.5. The Morgan fingerprint density at radius 3 is 2.47 bits per heavy atom. The highest BCUT2D eigenvalue weighted by Gasteiger charge is 2.20. The van der Waals surface area contributed by atoms with Gasteiger partial charge in [0.25, 0.3) is 15.6 Å². The van der Waals surface area contributed by atoms with Crippen molar-refractivity contribution in [2.75, 3.05) is 0 Å². The van der Waals surface area contributed by atoms with Crippen LogP contribution in [0, 0.1) is 0 Å². The fraction of sp³-hybridized carbons (Fsp3) is 0.444. The lowest BCUT2D eigenvalue weighted by molar-refractivity contribution is -0.0357. The van der Waals surface area contributed by atoms with Gasteiger partial charge in [0, 0.05) is 6.20 Å². The first-order valence-electron chi connectivity index (χ1n) is 4.70. The normalized spacial score (nSPS) is 12.7. The molecule has 0 aromatic carbocycles. The van der Waals surface area contributed by atoms with E-state index in [0.717, 1.165) is 12.3 Å². The summed E-state index contributed by atoms with van der Waals surface area (Å²) in [6, 6.07) is 1.05. The van der Waals surface area contributed by atoms with Gasteiger partial charge in [-0.15, -0.1) is 0 Å². The van der Waals surface area contributed by atoms with Gasteiger partial charge in [-0.05, 0) is 26.8 Å². The van der Waals surface area contributed by atoms with E-state index in [4.69, 9.17) is 16.4 Å². The molecule has 0 aliphatic heterocycles. The van der Waals surface area contributed by atoms with Gasteiger partial charge in [0.2, 0.25) is 0 Å². The third-order valence-corrected chi connectivity index (χ3v) is 3.04. The maximum atomic E-state index is 11.7. The molecule has 96 valence electrons. The molecule has 0 saturated heterocycles. The zero-order valence-corrected chi connectivity index (χ0v) is 11.1. The molecule has 0 fully saturated rings. The largest absolute Gasteiger partial charge is 0.326 e. The van der Waals surface area contributed by atoms with Gasteiger partial charge in [-0.2, -0.15) is 0 Å². The maximum absolute atomic E-state index is 11.7. The Kier molecular flexibility index (Phi) is 3.98. The number of halogens is 1. The zero-order valence-electron chi connectivity index (χ0n) is 9.57. The SMILES string of the molecule is CC(C)(C)ONS(=O)(=O)c1c[nH]c(=O)c(Cl)c1. The van der Waals surface area contributed by atoms with E-state index in [-0.39, 0.29) is 9.92 Å². The molecule has 0 saturated carbocycles.